The fourth-order valence-corrected chi connectivity index (χ4v) is 4.73. The molecule has 0 aromatic heterocycles. The summed E-state index contributed by atoms with van der Waals surface area (Å²) in [6, 6.07) is 5.44. The minimum Gasteiger partial charge on any atom is -0.313 e. The van der Waals surface area contributed by atoms with Crippen LogP contribution in [0.2, 0.25) is 0 Å². The number of benzene rings is 1. The van der Waals surface area contributed by atoms with Crippen LogP contribution in [0.25, 0.3) is 0 Å². The number of hydrogen-bond acceptors (Lipinski definition) is 3. The number of halogens is 1. The largest absolute Gasteiger partial charge is 0.313 e. The van der Waals surface area contributed by atoms with E-state index in [1.54, 1.807) is 6.07 Å². The standard InChI is InChI=1S/C15H23BrN2O2S/c1-4-7-17-10-11-5-6-13(12(16)8-11)21(19,20)18-14-9-15(14,2)3/h5-6,8,14,17-18H,4,7,9-10H2,1-3H3. The second-order valence-electron chi connectivity index (χ2n) is 6.31. The molecule has 0 amide bonds. The molecule has 118 valence electrons. The van der Waals surface area contributed by atoms with Gasteiger partial charge in [0.1, 0.15) is 0 Å². The fourth-order valence-electron chi connectivity index (χ4n) is 2.20. The van der Waals surface area contributed by atoms with Gasteiger partial charge in [0, 0.05) is 17.1 Å². The van der Waals surface area contributed by atoms with E-state index in [2.05, 4.69) is 46.7 Å². The molecule has 1 aliphatic carbocycles. The van der Waals surface area contributed by atoms with Crippen LogP contribution in [0.5, 0.6) is 0 Å². The maximum absolute atomic E-state index is 12.4. The monoisotopic (exact) mass is 374 g/mol. The summed E-state index contributed by atoms with van der Waals surface area (Å²) in [5.41, 5.74) is 1.14. The highest BCUT2D eigenvalue weighted by Crippen LogP contribution is 2.45. The third kappa shape index (κ3) is 4.28. The summed E-state index contributed by atoms with van der Waals surface area (Å²) in [5.74, 6) is 0. The van der Waals surface area contributed by atoms with Crippen molar-refractivity contribution in [1.29, 1.82) is 0 Å². The van der Waals surface area contributed by atoms with Crippen molar-refractivity contribution < 1.29 is 8.42 Å². The lowest BCUT2D eigenvalue weighted by atomic mass is 10.2. The van der Waals surface area contributed by atoms with Gasteiger partial charge in [-0.05, 0) is 58.4 Å². The minimum absolute atomic E-state index is 0.0419. The van der Waals surface area contributed by atoms with E-state index in [0.29, 0.717) is 9.37 Å². The molecule has 0 heterocycles. The molecule has 21 heavy (non-hydrogen) atoms. The highest BCUT2D eigenvalue weighted by Gasteiger charge is 2.48. The molecule has 1 aliphatic rings. The van der Waals surface area contributed by atoms with Crippen LogP contribution in [0.1, 0.15) is 39.2 Å². The van der Waals surface area contributed by atoms with Crippen molar-refractivity contribution in [2.24, 2.45) is 5.41 Å². The molecule has 1 atom stereocenters. The molecule has 1 fully saturated rings. The Morgan fingerprint density at radius 2 is 2.05 bits per heavy atom. The molecule has 2 N–H and O–H groups in total. The van der Waals surface area contributed by atoms with Gasteiger partial charge in [0.2, 0.25) is 10.0 Å². The van der Waals surface area contributed by atoms with E-state index in [1.165, 1.54) is 0 Å². The molecule has 0 bridgehead atoms. The summed E-state index contributed by atoms with van der Waals surface area (Å²) in [5, 5.41) is 3.30. The van der Waals surface area contributed by atoms with Crippen LogP contribution in [0.4, 0.5) is 0 Å². The summed E-state index contributed by atoms with van der Waals surface area (Å²) in [6.45, 7) is 7.95. The van der Waals surface area contributed by atoms with E-state index in [-0.39, 0.29) is 11.5 Å². The Morgan fingerprint density at radius 3 is 2.57 bits per heavy atom. The van der Waals surface area contributed by atoms with Gasteiger partial charge in [0.25, 0.3) is 0 Å². The second-order valence-corrected chi connectivity index (χ2v) is 8.84. The first-order valence-corrected chi connectivity index (χ1v) is 9.55. The van der Waals surface area contributed by atoms with Gasteiger partial charge in [-0.1, -0.05) is 26.8 Å². The van der Waals surface area contributed by atoms with Crippen LogP contribution in [-0.4, -0.2) is 21.0 Å². The van der Waals surface area contributed by atoms with Gasteiger partial charge in [0.05, 0.1) is 4.90 Å². The number of nitrogens with one attached hydrogen (secondary N) is 2. The first kappa shape index (κ1) is 16.9. The van der Waals surface area contributed by atoms with Crippen molar-refractivity contribution in [2.75, 3.05) is 6.54 Å². The van der Waals surface area contributed by atoms with Gasteiger partial charge in [-0.15, -0.1) is 0 Å². The Balaban J connectivity index is 2.09. The lowest BCUT2D eigenvalue weighted by Crippen LogP contribution is -2.28. The van der Waals surface area contributed by atoms with Gasteiger partial charge >= 0.3 is 0 Å². The first-order valence-electron chi connectivity index (χ1n) is 7.28. The molecule has 0 radical (unpaired) electrons. The maximum Gasteiger partial charge on any atom is 0.241 e. The van der Waals surface area contributed by atoms with E-state index in [1.807, 2.05) is 12.1 Å². The molecule has 6 heteroatoms. The SMILES string of the molecule is CCCNCc1ccc(S(=O)(=O)NC2CC2(C)C)c(Br)c1. The van der Waals surface area contributed by atoms with E-state index in [9.17, 15) is 8.42 Å². The molecule has 0 aliphatic heterocycles. The third-order valence-electron chi connectivity index (χ3n) is 3.85. The van der Waals surface area contributed by atoms with Crippen molar-refractivity contribution in [2.45, 2.75) is 51.1 Å². The number of sulfonamides is 1. The Hall–Kier alpha value is -0.430. The van der Waals surface area contributed by atoms with Gasteiger partial charge in [0.15, 0.2) is 0 Å². The Kier molecular flexibility index (Phi) is 5.13. The average molecular weight is 375 g/mol. The van der Waals surface area contributed by atoms with Crippen LogP contribution in [0, 0.1) is 5.41 Å². The molecule has 0 spiro atoms. The Morgan fingerprint density at radius 1 is 1.38 bits per heavy atom. The fraction of sp³-hybridized carbons (Fsp3) is 0.600. The normalized spacial score (nSPS) is 20.5. The topological polar surface area (TPSA) is 58.2 Å². The van der Waals surface area contributed by atoms with Crippen molar-refractivity contribution in [1.82, 2.24) is 10.0 Å². The van der Waals surface area contributed by atoms with Gasteiger partial charge in [-0.25, -0.2) is 13.1 Å². The van der Waals surface area contributed by atoms with Crippen molar-refractivity contribution in [3.8, 4) is 0 Å². The van der Waals surface area contributed by atoms with Crippen molar-refractivity contribution in [3.05, 3.63) is 28.2 Å². The smallest absolute Gasteiger partial charge is 0.241 e. The molecular weight excluding hydrogens is 352 g/mol. The van der Waals surface area contributed by atoms with Gasteiger partial charge in [-0.3, -0.25) is 0 Å². The summed E-state index contributed by atoms with van der Waals surface area (Å²) < 4.78 is 28.2. The van der Waals surface area contributed by atoms with Crippen LogP contribution < -0.4 is 10.0 Å². The third-order valence-corrected chi connectivity index (χ3v) is 6.30. The molecule has 4 nitrogen and oxygen atoms in total. The summed E-state index contributed by atoms with van der Waals surface area (Å²) >= 11 is 3.38. The predicted molar refractivity (Wildman–Crippen MR) is 88.6 cm³/mol. The average Bonchev–Trinajstić information content (AvgIpc) is 2.95. The van der Waals surface area contributed by atoms with Gasteiger partial charge < -0.3 is 5.32 Å². The maximum atomic E-state index is 12.4. The van der Waals surface area contributed by atoms with Gasteiger partial charge in [-0.2, -0.15) is 0 Å². The van der Waals surface area contributed by atoms with E-state index in [4.69, 9.17) is 0 Å². The molecule has 1 aromatic rings. The number of rotatable bonds is 7. The van der Waals surface area contributed by atoms with E-state index >= 15 is 0 Å². The molecular formula is C15H23BrN2O2S. The van der Waals surface area contributed by atoms with Crippen LogP contribution in [-0.2, 0) is 16.6 Å². The minimum atomic E-state index is -3.46. The number of hydrogen-bond donors (Lipinski definition) is 2. The van der Waals surface area contributed by atoms with E-state index in [0.717, 1.165) is 31.5 Å². The molecule has 1 unspecified atom stereocenters. The Labute approximate surface area is 135 Å². The summed E-state index contributed by atoms with van der Waals surface area (Å²) in [7, 11) is -3.46. The first-order chi connectivity index (χ1) is 9.76. The van der Waals surface area contributed by atoms with Crippen LogP contribution in [0.15, 0.2) is 27.6 Å². The molecule has 0 saturated heterocycles. The van der Waals surface area contributed by atoms with Crippen molar-refractivity contribution in [3.63, 3.8) is 0 Å². The summed E-state index contributed by atoms with van der Waals surface area (Å²) in [6.07, 6.45) is 1.97. The van der Waals surface area contributed by atoms with Crippen molar-refractivity contribution >= 4 is 26.0 Å². The lowest BCUT2D eigenvalue weighted by molar-refractivity contribution is 0.554. The second kappa shape index (κ2) is 6.36. The highest BCUT2D eigenvalue weighted by molar-refractivity contribution is 9.10. The predicted octanol–water partition coefficient (Wildman–Crippen LogP) is 3.03. The highest BCUT2D eigenvalue weighted by atomic mass is 79.9. The van der Waals surface area contributed by atoms with Crippen LogP contribution in [0.3, 0.4) is 0 Å². The Bertz CT molecular complexity index is 614. The molecule has 1 aromatic carbocycles. The zero-order valence-electron chi connectivity index (χ0n) is 12.7. The van der Waals surface area contributed by atoms with Crippen LogP contribution >= 0.6 is 15.9 Å². The summed E-state index contributed by atoms with van der Waals surface area (Å²) in [4.78, 5) is 0.310. The quantitative estimate of drug-likeness (QED) is 0.721. The molecule has 2 rings (SSSR count). The zero-order valence-corrected chi connectivity index (χ0v) is 15.1. The molecule has 1 saturated carbocycles. The van der Waals surface area contributed by atoms with E-state index < -0.39 is 10.0 Å². The zero-order chi connectivity index (χ0) is 15.7. The lowest BCUT2D eigenvalue weighted by Gasteiger charge is -2.11.